The molecule has 120 valence electrons. The van der Waals surface area contributed by atoms with Gasteiger partial charge in [0.1, 0.15) is 18.0 Å². The summed E-state index contributed by atoms with van der Waals surface area (Å²) in [5, 5.41) is 21.5. The smallest absolute Gasteiger partial charge is 0.325 e. The zero-order valence-electron chi connectivity index (χ0n) is 11.9. The number of carbonyl (C=O) groups is 1. The van der Waals surface area contributed by atoms with Gasteiger partial charge in [-0.2, -0.15) is 0 Å². The van der Waals surface area contributed by atoms with Crippen LogP contribution in [0.25, 0.3) is 0 Å². The zero-order valence-corrected chi connectivity index (χ0v) is 11.9. The Morgan fingerprint density at radius 2 is 2.29 bits per heavy atom. The summed E-state index contributed by atoms with van der Waals surface area (Å²) in [5.74, 6) is 0. The molecule has 1 fully saturated rings. The van der Waals surface area contributed by atoms with Crippen LogP contribution < -0.4 is 16.8 Å². The minimum absolute atomic E-state index is 0.258. The molecule has 8 heteroatoms. The van der Waals surface area contributed by atoms with Gasteiger partial charge in [0.15, 0.2) is 0 Å². The Balaban J connectivity index is 1.97. The number of nitrogens with two attached hydrogens (primary N) is 2. The van der Waals surface area contributed by atoms with E-state index >= 15 is 0 Å². The van der Waals surface area contributed by atoms with Gasteiger partial charge in [0.25, 0.3) is 0 Å². The number of nitrogens with zero attached hydrogens (tertiary/aromatic N) is 1. The molecule has 0 aromatic carbocycles. The Hall–Kier alpha value is -1.19. The summed E-state index contributed by atoms with van der Waals surface area (Å²) in [5.41, 5.74) is 10.7. The van der Waals surface area contributed by atoms with Gasteiger partial charge < -0.3 is 31.7 Å². The number of hydrogen-bond acceptors (Lipinski definition) is 6. The van der Waals surface area contributed by atoms with Crippen molar-refractivity contribution in [3.8, 4) is 0 Å². The molecule has 4 atom stereocenters. The summed E-state index contributed by atoms with van der Waals surface area (Å²) in [6.45, 7) is 0.312. The molecule has 0 aromatic rings. The molecule has 0 radical (unpaired) electrons. The zero-order chi connectivity index (χ0) is 15.5. The van der Waals surface area contributed by atoms with Crippen molar-refractivity contribution in [3.05, 3.63) is 12.3 Å². The number of carbonyl (C=O) groups excluding carboxylic acids is 1. The Kier molecular flexibility index (Phi) is 5.17. The van der Waals surface area contributed by atoms with E-state index in [9.17, 15) is 9.90 Å². The van der Waals surface area contributed by atoms with E-state index in [0.29, 0.717) is 13.0 Å². The molecule has 2 aliphatic heterocycles. The molecule has 0 bridgehead atoms. The minimum Gasteiger partial charge on any atom is -0.394 e. The van der Waals surface area contributed by atoms with E-state index < -0.39 is 24.1 Å². The molecule has 2 rings (SSSR count). The first-order chi connectivity index (χ1) is 9.99. The average Bonchev–Trinajstić information content (AvgIpc) is 2.80. The Morgan fingerprint density at radius 1 is 1.52 bits per heavy atom. The maximum Gasteiger partial charge on any atom is 0.325 e. The highest BCUT2D eigenvalue weighted by molar-refractivity contribution is 5.78. The normalized spacial score (nSPS) is 36.1. The van der Waals surface area contributed by atoms with Crippen molar-refractivity contribution in [1.82, 2.24) is 10.2 Å². The molecule has 1 unspecified atom stereocenters. The summed E-state index contributed by atoms with van der Waals surface area (Å²) < 4.78 is 5.46. The van der Waals surface area contributed by atoms with E-state index in [0.717, 1.165) is 12.8 Å². The highest BCUT2D eigenvalue weighted by atomic mass is 16.5. The lowest BCUT2D eigenvalue weighted by Crippen LogP contribution is -2.61. The largest absolute Gasteiger partial charge is 0.394 e. The number of hydrogen-bond donors (Lipinski definition) is 5. The van der Waals surface area contributed by atoms with Crippen molar-refractivity contribution < 1.29 is 19.7 Å². The first-order valence-electron chi connectivity index (χ1n) is 7.22. The SMILES string of the molecule is NCCCCC1(N)C=CN([C@H]2C[C@H](O)[C@@H](CO)O2)C(=O)N1. The molecule has 0 aromatic heterocycles. The van der Waals surface area contributed by atoms with Crippen molar-refractivity contribution in [2.24, 2.45) is 11.5 Å². The predicted molar refractivity (Wildman–Crippen MR) is 75.7 cm³/mol. The number of aliphatic hydroxyl groups is 2. The molecule has 21 heavy (non-hydrogen) atoms. The van der Waals surface area contributed by atoms with E-state index in [1.807, 2.05) is 0 Å². The number of nitrogens with one attached hydrogen (secondary N) is 1. The van der Waals surface area contributed by atoms with E-state index in [1.165, 1.54) is 4.90 Å². The standard InChI is InChI=1S/C13H24N4O4/c14-5-2-1-3-13(15)4-6-17(12(20)16-13)11-7-9(19)10(8-18)21-11/h4,6,9-11,18-19H,1-3,5,7-8,14-15H2,(H,16,20)/t9-,10+,11+,13?/m0/s1. The fourth-order valence-corrected chi connectivity index (χ4v) is 2.57. The summed E-state index contributed by atoms with van der Waals surface area (Å²) in [7, 11) is 0. The molecule has 0 spiro atoms. The van der Waals surface area contributed by atoms with Gasteiger partial charge in [-0.05, 0) is 31.9 Å². The summed E-state index contributed by atoms with van der Waals surface area (Å²) in [6.07, 6.45) is 3.79. The highest BCUT2D eigenvalue weighted by Gasteiger charge is 2.41. The van der Waals surface area contributed by atoms with Gasteiger partial charge in [-0.3, -0.25) is 4.90 Å². The molecule has 2 heterocycles. The molecule has 0 saturated carbocycles. The van der Waals surface area contributed by atoms with Crippen LogP contribution in [0.5, 0.6) is 0 Å². The third kappa shape index (κ3) is 3.72. The minimum atomic E-state index is -0.879. The van der Waals surface area contributed by atoms with Gasteiger partial charge in [0.05, 0.1) is 12.7 Å². The molecular weight excluding hydrogens is 276 g/mol. The first kappa shape index (κ1) is 16.2. The van der Waals surface area contributed by atoms with Gasteiger partial charge in [0, 0.05) is 12.6 Å². The second-order valence-electron chi connectivity index (χ2n) is 5.55. The number of urea groups is 1. The summed E-state index contributed by atoms with van der Waals surface area (Å²) >= 11 is 0. The van der Waals surface area contributed by atoms with Crippen molar-refractivity contribution in [3.63, 3.8) is 0 Å². The molecule has 8 nitrogen and oxygen atoms in total. The van der Waals surface area contributed by atoms with Gasteiger partial charge in [-0.25, -0.2) is 4.79 Å². The molecule has 1 saturated heterocycles. The van der Waals surface area contributed by atoms with Crippen molar-refractivity contribution in [2.45, 2.75) is 49.8 Å². The monoisotopic (exact) mass is 300 g/mol. The number of unbranched alkanes of at least 4 members (excludes halogenated alkanes) is 1. The van der Waals surface area contributed by atoms with Crippen molar-refractivity contribution >= 4 is 6.03 Å². The van der Waals surface area contributed by atoms with Crippen LogP contribution in [0.15, 0.2) is 12.3 Å². The van der Waals surface area contributed by atoms with Crippen LogP contribution >= 0.6 is 0 Å². The Bertz CT molecular complexity index is 406. The lowest BCUT2D eigenvalue weighted by molar-refractivity contribution is -0.0549. The Morgan fingerprint density at radius 3 is 2.86 bits per heavy atom. The van der Waals surface area contributed by atoms with E-state index in [-0.39, 0.29) is 19.1 Å². The maximum atomic E-state index is 12.2. The van der Waals surface area contributed by atoms with Crippen LogP contribution in [0.1, 0.15) is 25.7 Å². The van der Waals surface area contributed by atoms with Crippen LogP contribution in [-0.4, -0.2) is 58.4 Å². The molecule has 2 amide bonds. The fourth-order valence-electron chi connectivity index (χ4n) is 2.57. The van der Waals surface area contributed by atoms with E-state index in [2.05, 4.69) is 5.32 Å². The van der Waals surface area contributed by atoms with Crippen molar-refractivity contribution in [1.29, 1.82) is 0 Å². The quantitative estimate of drug-likeness (QED) is 0.390. The third-order valence-electron chi connectivity index (χ3n) is 3.85. The first-order valence-corrected chi connectivity index (χ1v) is 7.22. The second kappa shape index (κ2) is 6.71. The van der Waals surface area contributed by atoms with Crippen molar-refractivity contribution in [2.75, 3.05) is 13.2 Å². The predicted octanol–water partition coefficient (Wildman–Crippen LogP) is -1.22. The Labute approximate surface area is 123 Å². The summed E-state index contributed by atoms with van der Waals surface area (Å²) in [4.78, 5) is 13.5. The lowest BCUT2D eigenvalue weighted by atomic mass is 10.0. The highest BCUT2D eigenvalue weighted by Crippen LogP contribution is 2.26. The molecule has 7 N–H and O–H groups in total. The van der Waals surface area contributed by atoms with Crippen LogP contribution in [0, 0.1) is 0 Å². The van der Waals surface area contributed by atoms with E-state index in [4.69, 9.17) is 21.3 Å². The van der Waals surface area contributed by atoms with Gasteiger partial charge >= 0.3 is 6.03 Å². The molecular formula is C13H24N4O4. The fraction of sp³-hybridized carbons (Fsp3) is 0.769. The van der Waals surface area contributed by atoms with Crippen LogP contribution in [0.3, 0.4) is 0 Å². The maximum absolute atomic E-state index is 12.2. The molecule has 2 aliphatic rings. The number of ether oxygens (including phenoxy) is 1. The number of rotatable bonds is 6. The van der Waals surface area contributed by atoms with Gasteiger partial charge in [0.2, 0.25) is 0 Å². The molecule has 0 aliphatic carbocycles. The van der Waals surface area contributed by atoms with Gasteiger partial charge in [-0.1, -0.05) is 0 Å². The average molecular weight is 300 g/mol. The van der Waals surface area contributed by atoms with E-state index in [1.54, 1.807) is 12.3 Å². The van der Waals surface area contributed by atoms with Crippen LogP contribution in [-0.2, 0) is 4.74 Å². The van der Waals surface area contributed by atoms with Crippen LogP contribution in [0.2, 0.25) is 0 Å². The van der Waals surface area contributed by atoms with Gasteiger partial charge in [-0.15, -0.1) is 0 Å². The number of amides is 2. The van der Waals surface area contributed by atoms with Crippen LogP contribution in [0.4, 0.5) is 4.79 Å². The summed E-state index contributed by atoms with van der Waals surface area (Å²) in [6, 6.07) is -0.372. The second-order valence-corrected chi connectivity index (χ2v) is 5.55. The topological polar surface area (TPSA) is 134 Å². The third-order valence-corrected chi connectivity index (χ3v) is 3.85. The lowest BCUT2D eigenvalue weighted by Gasteiger charge is -2.37. The number of aliphatic hydroxyl groups excluding tert-OH is 2.